The lowest BCUT2D eigenvalue weighted by molar-refractivity contribution is -0.133. The number of nitrogen functional groups attached to an aromatic ring is 1. The number of fused-ring (bicyclic) bond motifs is 1. The van der Waals surface area contributed by atoms with Crippen molar-refractivity contribution in [2.24, 2.45) is 11.8 Å². The van der Waals surface area contributed by atoms with Crippen LogP contribution in [0.25, 0.3) is 0 Å². The van der Waals surface area contributed by atoms with Crippen molar-refractivity contribution < 1.29 is 19.8 Å². The third kappa shape index (κ3) is 7.49. The smallest absolute Gasteiger partial charge is 0.226 e. The van der Waals surface area contributed by atoms with Gasteiger partial charge in [-0.05, 0) is 72.1 Å². The molecule has 1 heterocycles. The van der Waals surface area contributed by atoms with Gasteiger partial charge in [0, 0.05) is 36.5 Å². The number of hydrogen-bond acceptors (Lipinski definition) is 5. The van der Waals surface area contributed by atoms with E-state index < -0.39 is 24.2 Å². The first-order chi connectivity index (χ1) is 22.3. The molecule has 1 aliphatic carbocycles. The van der Waals surface area contributed by atoms with E-state index in [0.717, 1.165) is 27.8 Å². The van der Waals surface area contributed by atoms with E-state index in [1.165, 1.54) is 0 Å². The second kappa shape index (κ2) is 14.3. The molecular formula is C39H43N3O4. The zero-order valence-corrected chi connectivity index (χ0v) is 26.0. The quantitative estimate of drug-likeness (QED) is 0.173. The standard InChI is InChI=1S/C39H43N3O4/c40-32-17-15-28(16-18-32)20-31-22-33(21-27-11-5-2-6-12-27)42(39(31)46)25-34(43)23-30(19-26-9-3-1-4-10-26)38(45)41-37-35-14-8-7-13-29(35)24-36(37)44/h1-18,30-31,33-34,36-37,43-44H,19-25,40H2,(H,41,45)/t30-,31?,33+,34+,36-,37+/m1/s1. The molecule has 2 amide bonds. The molecule has 4 aromatic rings. The van der Waals surface area contributed by atoms with Crippen LogP contribution in [0, 0.1) is 11.8 Å². The number of benzene rings is 4. The number of aliphatic hydroxyl groups is 2. The molecule has 46 heavy (non-hydrogen) atoms. The van der Waals surface area contributed by atoms with E-state index in [1.807, 2.05) is 102 Å². The van der Waals surface area contributed by atoms with Crippen LogP contribution < -0.4 is 11.1 Å². The number of β-amino-alcohol motifs (C(OH)–C–C–N with tert-alkyl or cyclic N) is 1. The van der Waals surface area contributed by atoms with Crippen molar-refractivity contribution in [3.05, 3.63) is 137 Å². The van der Waals surface area contributed by atoms with Gasteiger partial charge in [0.25, 0.3) is 0 Å². The summed E-state index contributed by atoms with van der Waals surface area (Å²) in [7, 11) is 0. The molecule has 2 aliphatic rings. The van der Waals surface area contributed by atoms with Crippen molar-refractivity contribution in [2.45, 2.75) is 62.8 Å². The molecule has 0 bridgehead atoms. The molecule has 1 fully saturated rings. The highest BCUT2D eigenvalue weighted by Gasteiger charge is 2.41. The van der Waals surface area contributed by atoms with E-state index in [9.17, 15) is 19.8 Å². The first kappa shape index (κ1) is 31.5. The van der Waals surface area contributed by atoms with Gasteiger partial charge in [0.15, 0.2) is 0 Å². The van der Waals surface area contributed by atoms with Crippen molar-refractivity contribution in [3.63, 3.8) is 0 Å². The lowest BCUT2D eigenvalue weighted by Crippen LogP contribution is -2.43. The molecule has 6 atom stereocenters. The molecule has 5 N–H and O–H groups in total. The third-order valence-electron chi connectivity index (χ3n) is 9.57. The van der Waals surface area contributed by atoms with Gasteiger partial charge >= 0.3 is 0 Å². The zero-order valence-electron chi connectivity index (χ0n) is 26.0. The molecule has 0 radical (unpaired) electrons. The van der Waals surface area contributed by atoms with Gasteiger partial charge in [0.1, 0.15) is 0 Å². The Kier molecular flexibility index (Phi) is 9.81. The van der Waals surface area contributed by atoms with Gasteiger partial charge in [0.2, 0.25) is 11.8 Å². The van der Waals surface area contributed by atoms with Crippen LogP contribution >= 0.6 is 0 Å². The molecule has 7 heteroatoms. The fraction of sp³-hybridized carbons (Fsp3) is 0.333. The Morgan fingerprint density at radius 1 is 0.848 bits per heavy atom. The first-order valence-electron chi connectivity index (χ1n) is 16.3. The maximum atomic E-state index is 13.9. The van der Waals surface area contributed by atoms with Gasteiger partial charge in [-0.15, -0.1) is 0 Å². The second-order valence-corrected chi connectivity index (χ2v) is 12.9. The van der Waals surface area contributed by atoms with Crippen LogP contribution in [0.2, 0.25) is 0 Å². The van der Waals surface area contributed by atoms with Crippen molar-refractivity contribution in [1.29, 1.82) is 0 Å². The largest absolute Gasteiger partial charge is 0.399 e. The lowest BCUT2D eigenvalue weighted by Gasteiger charge is -2.29. The van der Waals surface area contributed by atoms with Crippen LogP contribution in [0.3, 0.4) is 0 Å². The Morgan fingerprint density at radius 2 is 1.48 bits per heavy atom. The molecule has 0 spiro atoms. The van der Waals surface area contributed by atoms with Crippen molar-refractivity contribution >= 4 is 17.5 Å². The van der Waals surface area contributed by atoms with Gasteiger partial charge in [-0.1, -0.05) is 97.1 Å². The van der Waals surface area contributed by atoms with Crippen LogP contribution in [0.15, 0.2) is 109 Å². The van der Waals surface area contributed by atoms with E-state index in [0.29, 0.717) is 37.8 Å². The van der Waals surface area contributed by atoms with Crippen LogP contribution in [0.4, 0.5) is 5.69 Å². The minimum absolute atomic E-state index is 0.0338. The summed E-state index contributed by atoms with van der Waals surface area (Å²) in [5.74, 6) is -0.921. The van der Waals surface area contributed by atoms with Crippen LogP contribution in [0.1, 0.15) is 46.7 Å². The number of carbonyl (C=O) groups excluding carboxylic acids is 2. The number of aliphatic hydroxyl groups excluding tert-OH is 2. The Morgan fingerprint density at radius 3 is 2.20 bits per heavy atom. The Hall–Kier alpha value is -4.46. The number of nitrogens with one attached hydrogen (secondary N) is 1. The normalized spacial score (nSPS) is 22.0. The highest BCUT2D eigenvalue weighted by molar-refractivity contribution is 5.82. The summed E-state index contributed by atoms with van der Waals surface area (Å²) in [5, 5.41) is 25.5. The molecular weight excluding hydrogens is 574 g/mol. The van der Waals surface area contributed by atoms with Crippen molar-refractivity contribution in [2.75, 3.05) is 12.3 Å². The van der Waals surface area contributed by atoms with Crippen LogP contribution in [-0.4, -0.2) is 51.7 Å². The number of anilines is 1. The topological polar surface area (TPSA) is 116 Å². The lowest BCUT2D eigenvalue weighted by atomic mass is 9.91. The van der Waals surface area contributed by atoms with Gasteiger partial charge in [0.05, 0.1) is 18.2 Å². The number of rotatable bonds is 12. The highest BCUT2D eigenvalue weighted by Crippen LogP contribution is 2.33. The zero-order chi connectivity index (χ0) is 32.0. The van der Waals surface area contributed by atoms with E-state index in [2.05, 4.69) is 17.4 Å². The predicted octanol–water partition coefficient (Wildman–Crippen LogP) is 4.66. The Balaban J connectivity index is 1.18. The fourth-order valence-corrected chi connectivity index (χ4v) is 7.23. The van der Waals surface area contributed by atoms with Gasteiger partial charge in [-0.2, -0.15) is 0 Å². The molecule has 0 aromatic heterocycles. The van der Waals surface area contributed by atoms with Crippen molar-refractivity contribution in [1.82, 2.24) is 10.2 Å². The Labute approximate surface area is 271 Å². The molecule has 1 unspecified atom stereocenters. The minimum Gasteiger partial charge on any atom is -0.399 e. The average molecular weight is 618 g/mol. The summed E-state index contributed by atoms with van der Waals surface area (Å²) in [4.78, 5) is 29.6. The fourth-order valence-electron chi connectivity index (χ4n) is 7.23. The number of nitrogens with zero attached hydrogens (tertiary/aromatic N) is 1. The summed E-state index contributed by atoms with van der Waals surface area (Å²) in [5.41, 5.74) is 11.7. The van der Waals surface area contributed by atoms with E-state index in [1.54, 1.807) is 0 Å². The summed E-state index contributed by atoms with van der Waals surface area (Å²) in [6.45, 7) is 0.155. The summed E-state index contributed by atoms with van der Waals surface area (Å²) in [6.07, 6.45) is 1.51. The number of amides is 2. The molecule has 7 nitrogen and oxygen atoms in total. The number of nitrogens with two attached hydrogens (primary N) is 1. The predicted molar refractivity (Wildman–Crippen MR) is 180 cm³/mol. The molecule has 0 saturated carbocycles. The molecule has 238 valence electrons. The summed E-state index contributed by atoms with van der Waals surface area (Å²) < 4.78 is 0. The summed E-state index contributed by atoms with van der Waals surface area (Å²) >= 11 is 0. The van der Waals surface area contributed by atoms with E-state index in [-0.39, 0.29) is 36.7 Å². The van der Waals surface area contributed by atoms with E-state index in [4.69, 9.17) is 5.73 Å². The second-order valence-electron chi connectivity index (χ2n) is 12.9. The van der Waals surface area contributed by atoms with Gasteiger partial charge in [-0.25, -0.2) is 0 Å². The van der Waals surface area contributed by atoms with E-state index >= 15 is 0 Å². The van der Waals surface area contributed by atoms with Crippen LogP contribution in [-0.2, 0) is 35.3 Å². The minimum atomic E-state index is -0.905. The third-order valence-corrected chi connectivity index (χ3v) is 9.57. The number of likely N-dealkylation sites (tertiary alicyclic amines) is 1. The SMILES string of the molecule is Nc1ccc(CC2C[C@H](Cc3ccccc3)N(C[C@@H](O)C[C@@H](Cc3ccccc3)C(=O)N[C@H]3c4ccccc4C[C@H]3O)C2=O)cc1. The first-order valence-corrected chi connectivity index (χ1v) is 16.3. The van der Waals surface area contributed by atoms with Gasteiger partial charge in [-0.3, -0.25) is 9.59 Å². The Bertz CT molecular complexity index is 1610. The van der Waals surface area contributed by atoms with Crippen molar-refractivity contribution in [3.8, 4) is 0 Å². The molecule has 6 rings (SSSR count). The van der Waals surface area contributed by atoms with Gasteiger partial charge < -0.3 is 26.2 Å². The monoisotopic (exact) mass is 617 g/mol. The maximum absolute atomic E-state index is 13.9. The molecule has 1 aliphatic heterocycles. The number of hydrogen-bond donors (Lipinski definition) is 4. The molecule has 4 aromatic carbocycles. The highest BCUT2D eigenvalue weighted by atomic mass is 16.3. The van der Waals surface area contributed by atoms with Crippen LogP contribution in [0.5, 0.6) is 0 Å². The average Bonchev–Trinajstić information content (AvgIpc) is 3.53. The summed E-state index contributed by atoms with van der Waals surface area (Å²) in [6, 6.07) is 34.8. The molecule has 1 saturated heterocycles. The number of carbonyl (C=O) groups is 2. The maximum Gasteiger partial charge on any atom is 0.226 e.